The van der Waals surface area contributed by atoms with Crippen LogP contribution in [0.25, 0.3) is 10.9 Å². The number of halogens is 1. The van der Waals surface area contributed by atoms with Gasteiger partial charge < -0.3 is 10.1 Å². The first-order chi connectivity index (χ1) is 17.6. The van der Waals surface area contributed by atoms with Crippen LogP contribution in [0.2, 0.25) is 5.02 Å². The Morgan fingerprint density at radius 1 is 1.16 bits per heavy atom. The van der Waals surface area contributed by atoms with Crippen molar-refractivity contribution in [2.75, 3.05) is 25.0 Å². The monoisotopic (exact) mass is 543 g/mol. The molecule has 0 radical (unpaired) electrons. The molecule has 8 nitrogen and oxygen atoms in total. The number of amides is 1. The second-order valence-corrected chi connectivity index (χ2v) is 11.5. The second kappa shape index (κ2) is 11.2. The van der Waals surface area contributed by atoms with Crippen molar-refractivity contribution in [2.45, 2.75) is 44.9 Å². The summed E-state index contributed by atoms with van der Waals surface area (Å²) in [4.78, 5) is 30.7. The van der Waals surface area contributed by atoms with E-state index < -0.39 is 28.5 Å². The van der Waals surface area contributed by atoms with Crippen molar-refractivity contribution >= 4 is 50.1 Å². The highest BCUT2D eigenvalue weighted by Crippen LogP contribution is 2.32. The normalized spacial score (nSPS) is 15.4. The van der Waals surface area contributed by atoms with Crippen molar-refractivity contribution < 1.29 is 22.7 Å². The first-order valence-electron chi connectivity index (χ1n) is 12.3. The lowest BCUT2D eigenvalue weighted by Crippen LogP contribution is -2.30. The number of benzene rings is 2. The average Bonchev–Trinajstić information content (AvgIpc) is 2.87. The second-order valence-electron chi connectivity index (χ2n) is 9.13. The Kier molecular flexibility index (Phi) is 8.16. The first kappa shape index (κ1) is 27.0. The van der Waals surface area contributed by atoms with Gasteiger partial charge in [0.25, 0.3) is 5.91 Å². The minimum atomic E-state index is -3.74. The zero-order valence-electron chi connectivity index (χ0n) is 21.1. The van der Waals surface area contributed by atoms with Crippen LogP contribution < -0.4 is 5.32 Å². The smallest absolute Gasteiger partial charge is 0.339 e. The fourth-order valence-corrected chi connectivity index (χ4v) is 6.31. The van der Waals surface area contributed by atoms with Crippen LogP contribution >= 0.6 is 11.6 Å². The first-order valence-corrected chi connectivity index (χ1v) is 14.1. The summed E-state index contributed by atoms with van der Waals surface area (Å²) in [6.07, 6.45) is 2.50. The Morgan fingerprint density at radius 3 is 2.62 bits per heavy atom. The molecule has 3 aromatic rings. The van der Waals surface area contributed by atoms with Gasteiger partial charge in [0, 0.05) is 24.2 Å². The number of ether oxygens (including phenoxy) is 1. The highest BCUT2D eigenvalue weighted by molar-refractivity contribution is 7.89. The molecule has 0 spiro atoms. The van der Waals surface area contributed by atoms with Crippen molar-refractivity contribution in [2.24, 2.45) is 5.92 Å². The molecule has 2 aromatic carbocycles. The van der Waals surface area contributed by atoms with Gasteiger partial charge in [-0.05, 0) is 55.0 Å². The number of hydrogen-bond donors (Lipinski definition) is 1. The zero-order chi connectivity index (χ0) is 26.7. The van der Waals surface area contributed by atoms with E-state index in [9.17, 15) is 18.0 Å². The fourth-order valence-electron chi connectivity index (χ4n) is 4.66. The van der Waals surface area contributed by atoms with Gasteiger partial charge in [-0.15, -0.1) is 0 Å². The molecule has 1 heterocycles. The minimum Gasteiger partial charge on any atom is -0.452 e. The van der Waals surface area contributed by atoms with Crippen LogP contribution in [0.4, 0.5) is 5.69 Å². The number of rotatable bonds is 8. The predicted molar refractivity (Wildman–Crippen MR) is 143 cm³/mol. The molecule has 10 heteroatoms. The van der Waals surface area contributed by atoms with E-state index in [2.05, 4.69) is 12.2 Å². The summed E-state index contributed by atoms with van der Waals surface area (Å²) in [6, 6.07) is 11.5. The van der Waals surface area contributed by atoms with Crippen molar-refractivity contribution in [3.05, 3.63) is 64.3 Å². The number of para-hydroxylation sites is 1. The fraction of sp³-hybridized carbons (Fsp3) is 0.370. The molecule has 1 aliphatic rings. The van der Waals surface area contributed by atoms with Gasteiger partial charge in [-0.25, -0.2) is 13.2 Å². The predicted octanol–water partition coefficient (Wildman–Crippen LogP) is 4.84. The standard InChI is InChI=1S/C27H30ClN3O5S/c1-4-31(5-2)37(34,35)18-11-12-21(28)24(15-18)30-25(32)16-36-27(33)26-19-8-6-7-9-22(19)29-23-13-10-17(3)14-20(23)26/h6-9,11-12,15,17H,4-5,10,13-14,16H2,1-3H3,(H,30,32). The highest BCUT2D eigenvalue weighted by Gasteiger charge is 2.27. The number of pyridine rings is 1. The summed E-state index contributed by atoms with van der Waals surface area (Å²) in [5.41, 5.74) is 3.05. The van der Waals surface area contributed by atoms with Crippen LogP contribution in [-0.2, 0) is 32.4 Å². The van der Waals surface area contributed by atoms with Gasteiger partial charge in [0.05, 0.1) is 26.7 Å². The third kappa shape index (κ3) is 5.63. The summed E-state index contributed by atoms with van der Waals surface area (Å²) in [5.74, 6) is -0.816. The van der Waals surface area contributed by atoms with E-state index in [4.69, 9.17) is 21.3 Å². The van der Waals surface area contributed by atoms with E-state index in [1.807, 2.05) is 24.3 Å². The molecule has 1 aromatic heterocycles. The number of nitrogens with zero attached hydrogens (tertiary/aromatic N) is 2. The van der Waals surface area contributed by atoms with Crippen molar-refractivity contribution in [1.29, 1.82) is 0 Å². The van der Waals surface area contributed by atoms with Gasteiger partial charge in [0.1, 0.15) is 0 Å². The largest absolute Gasteiger partial charge is 0.452 e. The van der Waals surface area contributed by atoms with E-state index in [-0.39, 0.29) is 15.6 Å². The lowest BCUT2D eigenvalue weighted by atomic mass is 9.84. The summed E-state index contributed by atoms with van der Waals surface area (Å²) in [5, 5.41) is 3.43. The Bertz CT molecular complexity index is 1450. The lowest BCUT2D eigenvalue weighted by molar-refractivity contribution is -0.119. The molecule has 1 unspecified atom stereocenters. The Labute approximate surface area is 222 Å². The number of carbonyl (C=O) groups excluding carboxylic acids is 2. The molecule has 4 rings (SSSR count). The van der Waals surface area contributed by atoms with E-state index in [1.165, 1.54) is 22.5 Å². The molecule has 1 N–H and O–H groups in total. The summed E-state index contributed by atoms with van der Waals surface area (Å²) in [7, 11) is -3.74. The van der Waals surface area contributed by atoms with Crippen LogP contribution in [0.3, 0.4) is 0 Å². The van der Waals surface area contributed by atoms with Gasteiger partial charge >= 0.3 is 5.97 Å². The number of sulfonamides is 1. The van der Waals surface area contributed by atoms with Crippen LogP contribution in [0.15, 0.2) is 47.4 Å². The number of nitrogens with one attached hydrogen (secondary N) is 1. The van der Waals surface area contributed by atoms with Crippen molar-refractivity contribution in [1.82, 2.24) is 9.29 Å². The summed E-state index contributed by atoms with van der Waals surface area (Å²) >= 11 is 6.22. The topological polar surface area (TPSA) is 106 Å². The maximum atomic E-state index is 13.2. The van der Waals surface area contributed by atoms with Gasteiger partial charge in [0.15, 0.2) is 6.61 Å². The molecule has 0 aliphatic heterocycles. The van der Waals surface area contributed by atoms with E-state index in [0.717, 1.165) is 24.1 Å². The molecular formula is C27H30ClN3O5S. The lowest BCUT2D eigenvalue weighted by Gasteiger charge is -2.24. The molecular weight excluding hydrogens is 514 g/mol. The van der Waals surface area contributed by atoms with E-state index >= 15 is 0 Å². The van der Waals surface area contributed by atoms with Gasteiger partial charge in [-0.3, -0.25) is 9.78 Å². The third-order valence-electron chi connectivity index (χ3n) is 6.60. The van der Waals surface area contributed by atoms with Gasteiger partial charge in [0.2, 0.25) is 10.0 Å². The summed E-state index contributed by atoms with van der Waals surface area (Å²) < 4.78 is 32.5. The number of anilines is 1. The molecule has 0 saturated heterocycles. The van der Waals surface area contributed by atoms with Crippen LogP contribution in [0.1, 0.15) is 48.8 Å². The van der Waals surface area contributed by atoms with Crippen LogP contribution in [0.5, 0.6) is 0 Å². The van der Waals surface area contributed by atoms with Crippen LogP contribution in [0, 0.1) is 5.92 Å². The summed E-state index contributed by atoms with van der Waals surface area (Å²) in [6.45, 7) is 5.70. The van der Waals surface area contributed by atoms with Gasteiger partial charge in [-0.2, -0.15) is 4.31 Å². The van der Waals surface area contributed by atoms with E-state index in [1.54, 1.807) is 13.8 Å². The maximum absolute atomic E-state index is 13.2. The average molecular weight is 544 g/mol. The molecule has 37 heavy (non-hydrogen) atoms. The molecule has 1 aliphatic carbocycles. The van der Waals surface area contributed by atoms with Crippen LogP contribution in [-0.4, -0.2) is 49.3 Å². The number of hydrogen-bond acceptors (Lipinski definition) is 6. The number of aromatic nitrogens is 1. The molecule has 0 bridgehead atoms. The SMILES string of the molecule is CCN(CC)S(=O)(=O)c1ccc(Cl)c(NC(=O)COC(=O)c2c3c(nc4ccccc24)CCC(C)C3)c1. The quantitative estimate of drug-likeness (QED) is 0.408. The van der Waals surface area contributed by atoms with Crippen molar-refractivity contribution in [3.8, 4) is 0 Å². The Hall–Kier alpha value is -3.01. The van der Waals surface area contributed by atoms with E-state index in [0.29, 0.717) is 41.9 Å². The number of fused-ring (bicyclic) bond motifs is 2. The molecule has 196 valence electrons. The third-order valence-corrected chi connectivity index (χ3v) is 8.97. The Morgan fingerprint density at radius 2 is 1.89 bits per heavy atom. The maximum Gasteiger partial charge on any atom is 0.339 e. The number of esters is 1. The molecule has 0 fully saturated rings. The molecule has 1 amide bonds. The zero-order valence-corrected chi connectivity index (χ0v) is 22.7. The minimum absolute atomic E-state index is 0.0110. The van der Waals surface area contributed by atoms with Gasteiger partial charge in [-0.1, -0.05) is 50.6 Å². The number of carbonyl (C=O) groups is 2. The molecule has 1 atom stereocenters. The molecule has 0 saturated carbocycles. The highest BCUT2D eigenvalue weighted by atomic mass is 35.5. The Balaban J connectivity index is 1.53. The van der Waals surface area contributed by atoms with Crippen molar-refractivity contribution in [3.63, 3.8) is 0 Å². The number of aryl methyl sites for hydroxylation is 1.